The molecule has 2 rings (SSSR count). The monoisotopic (exact) mass is 321 g/mol. The summed E-state index contributed by atoms with van der Waals surface area (Å²) >= 11 is 0. The lowest BCUT2D eigenvalue weighted by molar-refractivity contribution is 0.0901. The number of benzene rings is 1. The van der Waals surface area contributed by atoms with Crippen molar-refractivity contribution in [3.05, 3.63) is 23.8 Å². The van der Waals surface area contributed by atoms with Crippen molar-refractivity contribution in [2.24, 2.45) is 0 Å². The third-order valence-electron chi connectivity index (χ3n) is 4.37. The Labute approximate surface area is 138 Å². The fourth-order valence-corrected chi connectivity index (χ4v) is 2.71. The molecule has 0 spiro atoms. The van der Waals surface area contributed by atoms with Gasteiger partial charge in [-0.15, -0.1) is 0 Å². The van der Waals surface area contributed by atoms with Crippen LogP contribution in [0.2, 0.25) is 0 Å². The van der Waals surface area contributed by atoms with Gasteiger partial charge in [-0.2, -0.15) is 0 Å². The third kappa shape index (κ3) is 4.59. The molecule has 0 saturated carbocycles. The second-order valence-electron chi connectivity index (χ2n) is 5.96. The van der Waals surface area contributed by atoms with E-state index in [4.69, 9.17) is 9.47 Å². The number of likely N-dealkylation sites (N-methyl/N-ethyl adjacent to an activating group) is 1. The van der Waals surface area contributed by atoms with E-state index in [1.165, 1.54) is 0 Å². The van der Waals surface area contributed by atoms with E-state index in [9.17, 15) is 4.79 Å². The predicted molar refractivity (Wildman–Crippen MR) is 90.4 cm³/mol. The van der Waals surface area contributed by atoms with Crippen molar-refractivity contribution >= 4 is 5.91 Å². The normalized spacial score (nSPS) is 17.6. The van der Waals surface area contributed by atoms with E-state index in [0.717, 1.165) is 26.2 Å². The number of rotatable bonds is 6. The second-order valence-corrected chi connectivity index (χ2v) is 5.96. The summed E-state index contributed by atoms with van der Waals surface area (Å²) in [6.45, 7) is 7.00. The number of methoxy groups -OCH3 is 2. The maximum Gasteiger partial charge on any atom is 0.255 e. The molecule has 1 saturated heterocycles. The molecule has 6 heteroatoms. The van der Waals surface area contributed by atoms with E-state index in [0.29, 0.717) is 29.6 Å². The van der Waals surface area contributed by atoms with Gasteiger partial charge in [-0.1, -0.05) is 0 Å². The maximum atomic E-state index is 12.4. The average Bonchev–Trinajstić information content (AvgIpc) is 2.59. The Morgan fingerprint density at radius 2 is 1.91 bits per heavy atom. The Hall–Kier alpha value is -1.79. The Kier molecular flexibility index (Phi) is 6.24. The maximum absolute atomic E-state index is 12.4. The number of carbonyl (C=O) groups excluding carboxylic acids is 1. The Bertz CT molecular complexity index is 528. The second kappa shape index (κ2) is 8.17. The summed E-state index contributed by atoms with van der Waals surface area (Å²) in [7, 11) is 5.28. The van der Waals surface area contributed by atoms with Crippen molar-refractivity contribution in [3.8, 4) is 11.5 Å². The van der Waals surface area contributed by atoms with Gasteiger partial charge in [0.15, 0.2) is 0 Å². The van der Waals surface area contributed by atoms with Gasteiger partial charge in [0.05, 0.1) is 19.8 Å². The van der Waals surface area contributed by atoms with Crippen LogP contribution >= 0.6 is 0 Å². The van der Waals surface area contributed by atoms with Crippen LogP contribution in [0, 0.1) is 0 Å². The van der Waals surface area contributed by atoms with E-state index in [-0.39, 0.29) is 5.91 Å². The molecule has 1 heterocycles. The van der Waals surface area contributed by atoms with Gasteiger partial charge >= 0.3 is 0 Å². The molecular weight excluding hydrogens is 294 g/mol. The molecular formula is C17H27N3O3. The summed E-state index contributed by atoms with van der Waals surface area (Å²) in [6, 6.07) is 5.53. The third-order valence-corrected chi connectivity index (χ3v) is 4.37. The van der Waals surface area contributed by atoms with Crippen LogP contribution in [0.1, 0.15) is 17.3 Å². The standard InChI is InChI=1S/C17H27N3O3/c1-13(20-9-7-19(2)8-10-20)12-18-17(21)15-6-5-14(22-3)11-16(15)23-4/h5-6,11,13H,7-10,12H2,1-4H3,(H,18,21)/t13-/m0/s1. The molecule has 0 aliphatic carbocycles. The molecule has 1 aromatic rings. The summed E-state index contributed by atoms with van der Waals surface area (Å²) in [5.74, 6) is 1.07. The topological polar surface area (TPSA) is 54.0 Å². The van der Waals surface area contributed by atoms with Gasteiger partial charge in [0.1, 0.15) is 11.5 Å². The zero-order chi connectivity index (χ0) is 16.8. The molecule has 1 amide bonds. The number of ether oxygens (including phenoxy) is 2. The highest BCUT2D eigenvalue weighted by molar-refractivity contribution is 5.97. The van der Waals surface area contributed by atoms with Crippen LogP contribution in [0.3, 0.4) is 0 Å². The summed E-state index contributed by atoms with van der Waals surface area (Å²) in [5, 5.41) is 3.00. The number of carbonyl (C=O) groups is 1. The molecule has 6 nitrogen and oxygen atoms in total. The molecule has 1 aliphatic heterocycles. The van der Waals surface area contributed by atoms with E-state index >= 15 is 0 Å². The zero-order valence-electron chi connectivity index (χ0n) is 14.5. The highest BCUT2D eigenvalue weighted by atomic mass is 16.5. The Morgan fingerprint density at radius 3 is 2.52 bits per heavy atom. The fourth-order valence-electron chi connectivity index (χ4n) is 2.71. The molecule has 1 fully saturated rings. The highest BCUT2D eigenvalue weighted by Gasteiger charge is 2.20. The minimum Gasteiger partial charge on any atom is -0.497 e. The van der Waals surface area contributed by atoms with Crippen LogP contribution in [0.4, 0.5) is 0 Å². The van der Waals surface area contributed by atoms with Crippen molar-refractivity contribution in [2.45, 2.75) is 13.0 Å². The lowest BCUT2D eigenvalue weighted by atomic mass is 10.1. The van der Waals surface area contributed by atoms with Crippen LogP contribution in [0.15, 0.2) is 18.2 Å². The zero-order valence-corrected chi connectivity index (χ0v) is 14.5. The molecule has 1 N–H and O–H groups in total. The summed E-state index contributed by atoms with van der Waals surface area (Å²) in [4.78, 5) is 17.1. The van der Waals surface area contributed by atoms with Crippen molar-refractivity contribution in [1.29, 1.82) is 0 Å². The Morgan fingerprint density at radius 1 is 1.22 bits per heavy atom. The first-order valence-electron chi connectivity index (χ1n) is 7.98. The van der Waals surface area contributed by atoms with Crippen LogP contribution in [0.5, 0.6) is 11.5 Å². The minimum absolute atomic E-state index is 0.120. The van der Waals surface area contributed by atoms with Crippen molar-refractivity contribution in [1.82, 2.24) is 15.1 Å². The van der Waals surface area contributed by atoms with E-state index in [1.807, 2.05) is 0 Å². The fraction of sp³-hybridized carbons (Fsp3) is 0.588. The molecule has 1 aromatic carbocycles. The molecule has 128 valence electrons. The number of nitrogens with zero attached hydrogens (tertiary/aromatic N) is 2. The minimum atomic E-state index is -0.120. The van der Waals surface area contributed by atoms with Gasteiger partial charge in [-0.3, -0.25) is 9.69 Å². The molecule has 23 heavy (non-hydrogen) atoms. The van der Waals surface area contributed by atoms with Crippen molar-refractivity contribution in [2.75, 3.05) is 54.0 Å². The molecule has 1 aliphatic rings. The summed E-state index contributed by atoms with van der Waals surface area (Å²) < 4.78 is 10.4. The largest absolute Gasteiger partial charge is 0.497 e. The first-order chi connectivity index (χ1) is 11.0. The molecule has 0 aromatic heterocycles. The van der Waals surface area contributed by atoms with E-state index in [2.05, 4.69) is 29.1 Å². The van der Waals surface area contributed by atoms with Crippen LogP contribution in [0.25, 0.3) is 0 Å². The van der Waals surface area contributed by atoms with E-state index < -0.39 is 0 Å². The number of hydrogen-bond donors (Lipinski definition) is 1. The van der Waals surface area contributed by atoms with Gasteiger partial charge in [0, 0.05) is 44.8 Å². The highest BCUT2D eigenvalue weighted by Crippen LogP contribution is 2.24. The lowest BCUT2D eigenvalue weighted by Gasteiger charge is -2.36. The van der Waals surface area contributed by atoms with Gasteiger partial charge in [-0.05, 0) is 26.1 Å². The van der Waals surface area contributed by atoms with E-state index in [1.54, 1.807) is 32.4 Å². The average molecular weight is 321 g/mol. The number of piperazine rings is 1. The SMILES string of the molecule is COc1ccc(C(=O)NC[C@H](C)N2CCN(C)CC2)c(OC)c1. The Balaban J connectivity index is 1.91. The van der Waals surface area contributed by atoms with Crippen molar-refractivity contribution in [3.63, 3.8) is 0 Å². The first-order valence-corrected chi connectivity index (χ1v) is 7.98. The quantitative estimate of drug-likeness (QED) is 0.849. The molecule has 0 unspecified atom stereocenters. The molecule has 0 radical (unpaired) electrons. The predicted octanol–water partition coefficient (Wildman–Crippen LogP) is 1.07. The van der Waals surface area contributed by atoms with Gasteiger partial charge in [0.2, 0.25) is 0 Å². The van der Waals surface area contributed by atoms with Crippen molar-refractivity contribution < 1.29 is 14.3 Å². The van der Waals surface area contributed by atoms with Gasteiger partial charge < -0.3 is 19.7 Å². The molecule has 1 atom stereocenters. The number of amides is 1. The van der Waals surface area contributed by atoms with Gasteiger partial charge in [-0.25, -0.2) is 0 Å². The molecule has 0 bridgehead atoms. The summed E-state index contributed by atoms with van der Waals surface area (Å²) in [6.07, 6.45) is 0. The smallest absolute Gasteiger partial charge is 0.255 e. The first kappa shape index (κ1) is 17.6. The number of nitrogens with one attached hydrogen (secondary N) is 1. The van der Waals surface area contributed by atoms with Crippen LogP contribution in [-0.4, -0.2) is 75.7 Å². The van der Waals surface area contributed by atoms with Gasteiger partial charge in [0.25, 0.3) is 5.91 Å². The summed E-state index contributed by atoms with van der Waals surface area (Å²) in [5.41, 5.74) is 0.527. The lowest BCUT2D eigenvalue weighted by Crippen LogP contribution is -2.51. The number of hydrogen-bond acceptors (Lipinski definition) is 5. The van der Waals surface area contributed by atoms with Crippen LogP contribution in [-0.2, 0) is 0 Å². The van der Waals surface area contributed by atoms with Crippen LogP contribution < -0.4 is 14.8 Å².